The standard InChI is InChI=1S/2C8H14O/c2*1-2-3-4-5-6-7-8-9/h2*5-9H,2-4H2,1H3/b2*6-5+,8-7+. The Labute approximate surface area is 112 Å². The van der Waals surface area contributed by atoms with Crippen LogP contribution < -0.4 is 0 Å². The van der Waals surface area contributed by atoms with Crippen molar-refractivity contribution in [3.05, 3.63) is 49.0 Å². The quantitative estimate of drug-likeness (QED) is 0.335. The number of aliphatic hydroxyl groups is 2. The molecule has 2 heteroatoms. The van der Waals surface area contributed by atoms with E-state index >= 15 is 0 Å². The third-order valence-electron chi connectivity index (χ3n) is 2.12. The molecular weight excluding hydrogens is 224 g/mol. The van der Waals surface area contributed by atoms with Crippen molar-refractivity contribution >= 4 is 0 Å². The van der Waals surface area contributed by atoms with Gasteiger partial charge in [0, 0.05) is 0 Å². The van der Waals surface area contributed by atoms with Gasteiger partial charge in [0.2, 0.25) is 0 Å². The zero-order valence-electron chi connectivity index (χ0n) is 11.8. The van der Waals surface area contributed by atoms with Gasteiger partial charge >= 0.3 is 0 Å². The molecule has 0 saturated carbocycles. The van der Waals surface area contributed by atoms with E-state index in [0.29, 0.717) is 0 Å². The van der Waals surface area contributed by atoms with Crippen LogP contribution >= 0.6 is 0 Å². The molecule has 0 amide bonds. The lowest BCUT2D eigenvalue weighted by atomic mass is 10.2. The molecule has 0 fully saturated rings. The number of aliphatic hydroxyl groups excluding tert-OH is 2. The van der Waals surface area contributed by atoms with E-state index in [1.165, 1.54) is 25.7 Å². The summed E-state index contributed by atoms with van der Waals surface area (Å²) in [6.45, 7) is 4.32. The SMILES string of the molecule is CCCC/C=C/C=C/O.CCCC/C=C/C=C/O. The van der Waals surface area contributed by atoms with Gasteiger partial charge in [-0.05, 0) is 25.0 Å². The summed E-state index contributed by atoms with van der Waals surface area (Å²) in [6, 6.07) is 0. The fraction of sp³-hybridized carbons (Fsp3) is 0.500. The molecule has 0 bridgehead atoms. The van der Waals surface area contributed by atoms with Crippen molar-refractivity contribution in [1.29, 1.82) is 0 Å². The molecule has 0 heterocycles. The third kappa shape index (κ3) is 24.0. The van der Waals surface area contributed by atoms with Gasteiger partial charge in [-0.3, -0.25) is 0 Å². The summed E-state index contributed by atoms with van der Waals surface area (Å²) in [5.41, 5.74) is 0. The highest BCUT2D eigenvalue weighted by molar-refractivity contribution is 4.99. The van der Waals surface area contributed by atoms with Gasteiger partial charge < -0.3 is 10.2 Å². The molecule has 0 unspecified atom stereocenters. The molecule has 2 N–H and O–H groups in total. The summed E-state index contributed by atoms with van der Waals surface area (Å²) in [5.74, 6) is 0. The van der Waals surface area contributed by atoms with Crippen LogP contribution in [-0.4, -0.2) is 10.2 Å². The van der Waals surface area contributed by atoms with Gasteiger partial charge in [-0.25, -0.2) is 0 Å². The topological polar surface area (TPSA) is 40.5 Å². The Morgan fingerprint density at radius 2 is 1.06 bits per heavy atom. The Bertz CT molecular complexity index is 211. The Morgan fingerprint density at radius 1 is 0.667 bits per heavy atom. The van der Waals surface area contributed by atoms with E-state index in [4.69, 9.17) is 10.2 Å². The first kappa shape index (κ1) is 18.9. The highest BCUT2D eigenvalue weighted by atomic mass is 16.2. The Kier molecular flexibility index (Phi) is 22.0. The smallest absolute Gasteiger partial charge is 0.0791 e. The predicted molar refractivity (Wildman–Crippen MR) is 80.9 cm³/mol. The molecule has 104 valence electrons. The van der Waals surface area contributed by atoms with E-state index in [2.05, 4.69) is 26.0 Å². The second kappa shape index (κ2) is 20.9. The molecule has 0 rings (SSSR count). The van der Waals surface area contributed by atoms with E-state index < -0.39 is 0 Å². The first-order chi connectivity index (χ1) is 8.83. The summed E-state index contributed by atoms with van der Waals surface area (Å²) >= 11 is 0. The van der Waals surface area contributed by atoms with E-state index in [-0.39, 0.29) is 0 Å². The van der Waals surface area contributed by atoms with Gasteiger partial charge in [-0.2, -0.15) is 0 Å². The maximum absolute atomic E-state index is 8.19. The molecule has 2 nitrogen and oxygen atoms in total. The highest BCUT2D eigenvalue weighted by Gasteiger charge is 1.75. The Balaban J connectivity index is 0. The molecule has 0 atom stereocenters. The lowest BCUT2D eigenvalue weighted by molar-refractivity contribution is 0.473. The van der Waals surface area contributed by atoms with Gasteiger partial charge in [-0.1, -0.05) is 63.8 Å². The number of allylic oxidation sites excluding steroid dienone is 6. The van der Waals surface area contributed by atoms with Crippen LogP contribution in [-0.2, 0) is 0 Å². The fourth-order valence-electron chi connectivity index (χ4n) is 1.09. The normalized spacial score (nSPS) is 11.7. The van der Waals surface area contributed by atoms with E-state index in [1.54, 1.807) is 12.2 Å². The molecule has 0 aliphatic heterocycles. The fourth-order valence-corrected chi connectivity index (χ4v) is 1.09. The van der Waals surface area contributed by atoms with Crippen molar-refractivity contribution in [3.63, 3.8) is 0 Å². The number of unbranched alkanes of at least 4 members (excludes halogenated alkanes) is 4. The minimum atomic E-state index is 1.04. The number of hydrogen-bond donors (Lipinski definition) is 2. The van der Waals surface area contributed by atoms with Gasteiger partial charge in [0.25, 0.3) is 0 Å². The second-order valence-electron chi connectivity index (χ2n) is 3.82. The van der Waals surface area contributed by atoms with Crippen LogP contribution in [0.1, 0.15) is 52.4 Å². The summed E-state index contributed by atoms with van der Waals surface area (Å²) in [5, 5.41) is 16.4. The molecule has 0 aliphatic carbocycles. The third-order valence-corrected chi connectivity index (χ3v) is 2.12. The van der Waals surface area contributed by atoms with Gasteiger partial charge in [0.1, 0.15) is 0 Å². The molecule has 0 spiro atoms. The van der Waals surface area contributed by atoms with Crippen LogP contribution in [0.15, 0.2) is 49.0 Å². The van der Waals surface area contributed by atoms with E-state index in [1.807, 2.05) is 12.2 Å². The monoisotopic (exact) mass is 252 g/mol. The van der Waals surface area contributed by atoms with Crippen molar-refractivity contribution in [2.24, 2.45) is 0 Å². The maximum atomic E-state index is 8.19. The molecule has 18 heavy (non-hydrogen) atoms. The summed E-state index contributed by atoms with van der Waals surface area (Å²) in [4.78, 5) is 0. The molecule has 0 aromatic carbocycles. The molecular formula is C16H28O2. The lowest BCUT2D eigenvalue weighted by Gasteiger charge is -1.84. The maximum Gasteiger partial charge on any atom is 0.0791 e. The first-order valence-corrected chi connectivity index (χ1v) is 6.75. The van der Waals surface area contributed by atoms with Crippen molar-refractivity contribution in [1.82, 2.24) is 0 Å². The predicted octanol–water partition coefficient (Wildman–Crippen LogP) is 5.61. The van der Waals surface area contributed by atoms with Gasteiger partial charge in [-0.15, -0.1) is 0 Å². The zero-order chi connectivity index (χ0) is 13.9. The van der Waals surface area contributed by atoms with Crippen LogP contribution in [0.4, 0.5) is 0 Å². The highest BCUT2D eigenvalue weighted by Crippen LogP contribution is 1.94. The average molecular weight is 252 g/mol. The number of rotatable bonds is 8. The van der Waals surface area contributed by atoms with E-state index in [0.717, 1.165) is 25.4 Å². The van der Waals surface area contributed by atoms with Crippen LogP contribution in [0.3, 0.4) is 0 Å². The molecule has 0 aromatic rings. The van der Waals surface area contributed by atoms with Crippen molar-refractivity contribution < 1.29 is 10.2 Å². The van der Waals surface area contributed by atoms with Crippen molar-refractivity contribution in [2.45, 2.75) is 52.4 Å². The Morgan fingerprint density at radius 3 is 1.33 bits per heavy atom. The average Bonchev–Trinajstić information content (AvgIpc) is 2.39. The van der Waals surface area contributed by atoms with Crippen LogP contribution in [0.5, 0.6) is 0 Å². The lowest BCUT2D eigenvalue weighted by Crippen LogP contribution is -1.64. The molecule has 0 radical (unpaired) electrons. The number of hydrogen-bond acceptors (Lipinski definition) is 2. The molecule has 0 aliphatic rings. The summed E-state index contributed by atoms with van der Waals surface area (Å²) < 4.78 is 0. The second-order valence-corrected chi connectivity index (χ2v) is 3.82. The van der Waals surface area contributed by atoms with Crippen molar-refractivity contribution in [2.75, 3.05) is 0 Å². The van der Waals surface area contributed by atoms with Gasteiger partial charge in [0.05, 0.1) is 12.5 Å². The molecule has 0 saturated heterocycles. The van der Waals surface area contributed by atoms with E-state index in [9.17, 15) is 0 Å². The van der Waals surface area contributed by atoms with Crippen LogP contribution in [0.25, 0.3) is 0 Å². The minimum Gasteiger partial charge on any atom is -0.516 e. The summed E-state index contributed by atoms with van der Waals surface area (Å²) in [7, 11) is 0. The minimum absolute atomic E-state index is 1.04. The summed E-state index contributed by atoms with van der Waals surface area (Å²) in [6.07, 6.45) is 20.3. The van der Waals surface area contributed by atoms with Crippen LogP contribution in [0, 0.1) is 0 Å². The molecule has 0 aromatic heterocycles. The van der Waals surface area contributed by atoms with Crippen LogP contribution in [0.2, 0.25) is 0 Å². The van der Waals surface area contributed by atoms with Gasteiger partial charge in [0.15, 0.2) is 0 Å². The first-order valence-electron chi connectivity index (χ1n) is 6.75. The van der Waals surface area contributed by atoms with Crippen molar-refractivity contribution in [3.8, 4) is 0 Å². The Hall–Kier alpha value is -1.44. The largest absolute Gasteiger partial charge is 0.516 e. The zero-order valence-corrected chi connectivity index (χ0v) is 11.8.